The molecule has 0 saturated carbocycles. The third-order valence-corrected chi connectivity index (χ3v) is 16.4. The van der Waals surface area contributed by atoms with Crippen molar-refractivity contribution in [3.8, 4) is 23.0 Å². The molecule has 11 nitrogen and oxygen atoms in total. The predicted octanol–water partition coefficient (Wildman–Crippen LogP) is 12.1. The maximum atomic E-state index is 13.5. The van der Waals surface area contributed by atoms with E-state index in [9.17, 15) is 9.59 Å². The average Bonchev–Trinajstić information content (AvgIpc) is 4.00. The van der Waals surface area contributed by atoms with Gasteiger partial charge in [-0.2, -0.15) is 0 Å². The summed E-state index contributed by atoms with van der Waals surface area (Å²) in [7, 11) is -3.37. The first-order valence-corrected chi connectivity index (χ1v) is 23.8. The number of rotatable bonds is 8. The van der Waals surface area contributed by atoms with E-state index in [1.807, 2.05) is 46.8 Å². The number of aromatic nitrogens is 4. The Morgan fingerprint density at radius 2 is 0.968 bits per heavy atom. The molecule has 4 aromatic heterocycles. The molecule has 2 aromatic carbocycles. The average molecular weight is 875 g/mol. The quantitative estimate of drug-likeness (QED) is 0.111. The highest BCUT2D eigenvalue weighted by Crippen LogP contribution is 2.61. The SMILES string of the molecule is CCOC(=O)c1ccc2n1P(Oc1cc(C(C)(C)C)cc3c1Oc1c(OP4n5c(C)ccc5Cc5ccc(C(=O)OCC)n54)cc(C(C)(C)C)cc1C3(C)C)n1c(C)ccc1C2. The highest BCUT2D eigenvalue weighted by Gasteiger charge is 2.43. The number of carbonyl (C=O) groups excluding carboxylic acids is 2. The van der Waals surface area contributed by atoms with Crippen LogP contribution in [0.5, 0.6) is 23.0 Å². The molecule has 6 aromatic rings. The molecular weight excluding hydrogens is 819 g/mol. The molecule has 7 heterocycles. The fourth-order valence-corrected chi connectivity index (χ4v) is 12.8. The monoisotopic (exact) mass is 874 g/mol. The molecule has 0 fully saturated rings. The lowest BCUT2D eigenvalue weighted by Gasteiger charge is -2.39. The zero-order valence-corrected chi connectivity index (χ0v) is 39.6. The number of esters is 2. The summed E-state index contributed by atoms with van der Waals surface area (Å²) in [5, 5.41) is 0. The van der Waals surface area contributed by atoms with Crippen molar-refractivity contribution in [2.45, 2.75) is 112 Å². The van der Waals surface area contributed by atoms with Gasteiger partial charge in [0, 0.05) is 63.5 Å². The lowest BCUT2D eigenvalue weighted by Crippen LogP contribution is -2.28. The van der Waals surface area contributed by atoms with Gasteiger partial charge in [0.2, 0.25) is 0 Å². The van der Waals surface area contributed by atoms with Gasteiger partial charge in [-0.15, -0.1) is 0 Å². The van der Waals surface area contributed by atoms with Crippen LogP contribution in [0.1, 0.15) is 147 Å². The van der Waals surface area contributed by atoms with E-state index in [-0.39, 0.29) is 36.0 Å². The Kier molecular flexibility index (Phi) is 10.1. The van der Waals surface area contributed by atoms with Gasteiger partial charge in [0.15, 0.2) is 23.0 Å². The van der Waals surface area contributed by atoms with Crippen molar-refractivity contribution >= 4 is 28.8 Å². The van der Waals surface area contributed by atoms with Gasteiger partial charge >= 0.3 is 28.8 Å². The molecule has 9 rings (SSSR count). The summed E-state index contributed by atoms with van der Waals surface area (Å²) >= 11 is 0. The molecule has 324 valence electrons. The molecule has 0 saturated heterocycles. The molecule has 2 unspecified atom stereocenters. The number of carbonyl (C=O) groups is 2. The van der Waals surface area contributed by atoms with Gasteiger partial charge in [0.1, 0.15) is 11.4 Å². The second-order valence-corrected chi connectivity index (χ2v) is 22.0. The molecule has 0 N–H and O–H groups in total. The van der Waals surface area contributed by atoms with Crippen molar-refractivity contribution in [2.24, 2.45) is 0 Å². The second-order valence-electron chi connectivity index (χ2n) is 19.0. The molecule has 0 radical (unpaired) electrons. The predicted molar refractivity (Wildman–Crippen MR) is 244 cm³/mol. The molecule has 62 heavy (non-hydrogen) atoms. The molecule has 2 atom stereocenters. The van der Waals surface area contributed by atoms with E-state index in [2.05, 4.69) is 126 Å². The van der Waals surface area contributed by atoms with E-state index in [4.69, 9.17) is 23.3 Å². The Labute approximate surface area is 366 Å². The first-order valence-electron chi connectivity index (χ1n) is 21.4. The summed E-state index contributed by atoms with van der Waals surface area (Å²) in [6.07, 6.45) is 1.30. The largest absolute Gasteiger partial charge is 0.461 e. The van der Waals surface area contributed by atoms with Crippen molar-refractivity contribution in [1.29, 1.82) is 0 Å². The summed E-state index contributed by atoms with van der Waals surface area (Å²) < 4.78 is 41.7. The van der Waals surface area contributed by atoms with E-state index in [1.54, 1.807) is 0 Å². The number of fused-ring (bicyclic) bond motifs is 6. The van der Waals surface area contributed by atoms with Crippen molar-refractivity contribution in [2.75, 3.05) is 13.2 Å². The van der Waals surface area contributed by atoms with Crippen LogP contribution >= 0.6 is 16.9 Å². The number of ether oxygens (including phenoxy) is 3. The van der Waals surface area contributed by atoms with Crippen LogP contribution in [0.2, 0.25) is 0 Å². The van der Waals surface area contributed by atoms with Crippen molar-refractivity contribution in [1.82, 2.24) is 17.4 Å². The van der Waals surface area contributed by atoms with Gasteiger partial charge in [-0.3, -0.25) is 17.4 Å². The minimum absolute atomic E-state index is 0.241. The molecule has 0 spiro atoms. The summed E-state index contributed by atoms with van der Waals surface area (Å²) in [6.45, 7) is 26.0. The van der Waals surface area contributed by atoms with E-state index in [1.165, 1.54) is 0 Å². The Morgan fingerprint density at radius 3 is 1.34 bits per heavy atom. The maximum Gasteiger partial charge on any atom is 0.355 e. The molecule has 3 aliphatic rings. The van der Waals surface area contributed by atoms with Crippen LogP contribution in [-0.2, 0) is 38.6 Å². The normalized spacial score (nSPS) is 17.1. The topological polar surface area (TPSA) is 100 Å². The highest BCUT2D eigenvalue weighted by atomic mass is 31.2. The third-order valence-electron chi connectivity index (χ3n) is 12.2. The summed E-state index contributed by atoms with van der Waals surface area (Å²) in [4.78, 5) is 27.0. The molecular formula is C49H56N4O7P2. The molecule has 3 aliphatic heterocycles. The standard InChI is InChI=1S/C49H56N4O7P2/c1-13-56-45(54)39-21-19-35-27-33-17-15-29(3)50(33)61(52(35)39)59-41-25-31(47(5,6)7)23-37-43(41)58-44-38(49(37,11)12)24-32(48(8,9)10)26-42(44)60-62-51-30(4)16-18-34(51)28-36-20-22-40(53(36)62)46(55)57-14-2/h15-26H,13-14,27-28H2,1-12H3. The number of hydrogen-bond donors (Lipinski definition) is 0. The van der Waals surface area contributed by atoms with Crippen LogP contribution < -0.4 is 13.8 Å². The zero-order chi connectivity index (χ0) is 44.2. The summed E-state index contributed by atoms with van der Waals surface area (Å²) in [5.74, 6) is 1.55. The first kappa shape index (κ1) is 42.1. The van der Waals surface area contributed by atoms with Gasteiger partial charge < -0.3 is 23.3 Å². The fourth-order valence-electron chi connectivity index (χ4n) is 8.74. The fraction of sp³-hybridized carbons (Fsp3) is 0.388. The minimum Gasteiger partial charge on any atom is -0.461 e. The lowest BCUT2D eigenvalue weighted by molar-refractivity contribution is 0.0508. The smallest absolute Gasteiger partial charge is 0.355 e. The number of benzene rings is 2. The summed E-state index contributed by atoms with van der Waals surface area (Å²) in [5.41, 5.74) is 10.2. The van der Waals surface area contributed by atoms with Gasteiger partial charge in [-0.05, 0) is 110 Å². The van der Waals surface area contributed by atoms with Crippen LogP contribution in [0.3, 0.4) is 0 Å². The Balaban J connectivity index is 1.24. The second kappa shape index (κ2) is 14.9. The lowest BCUT2D eigenvalue weighted by atomic mass is 9.72. The number of aryl methyl sites for hydroxylation is 2. The van der Waals surface area contributed by atoms with Crippen molar-refractivity contribution in [3.05, 3.63) is 141 Å². The minimum atomic E-state index is -1.68. The Hall–Kier alpha value is -5.24. The number of hydrogen-bond acceptors (Lipinski definition) is 7. The molecule has 0 aliphatic carbocycles. The van der Waals surface area contributed by atoms with Gasteiger partial charge in [0.25, 0.3) is 0 Å². The van der Waals surface area contributed by atoms with Crippen LogP contribution in [-0.4, -0.2) is 42.5 Å². The van der Waals surface area contributed by atoms with Gasteiger partial charge in [0.05, 0.1) is 13.2 Å². The van der Waals surface area contributed by atoms with E-state index in [0.717, 1.165) is 56.4 Å². The van der Waals surface area contributed by atoms with Gasteiger partial charge in [-0.1, -0.05) is 67.5 Å². The van der Waals surface area contributed by atoms with Crippen LogP contribution in [0.25, 0.3) is 0 Å². The Bertz CT molecular complexity index is 2600. The maximum absolute atomic E-state index is 13.5. The van der Waals surface area contributed by atoms with Gasteiger partial charge in [-0.25, -0.2) is 9.59 Å². The number of nitrogens with zero attached hydrogens (tertiary/aromatic N) is 4. The highest BCUT2D eigenvalue weighted by molar-refractivity contribution is 7.50. The third kappa shape index (κ3) is 6.78. The van der Waals surface area contributed by atoms with Crippen LogP contribution in [0.15, 0.2) is 72.8 Å². The Morgan fingerprint density at radius 1 is 0.597 bits per heavy atom. The van der Waals surface area contributed by atoms with E-state index < -0.39 is 22.3 Å². The van der Waals surface area contributed by atoms with Crippen LogP contribution in [0.4, 0.5) is 0 Å². The van der Waals surface area contributed by atoms with Crippen LogP contribution in [0, 0.1) is 13.8 Å². The molecule has 0 bridgehead atoms. The first-order chi connectivity index (χ1) is 29.3. The van der Waals surface area contributed by atoms with Crippen molar-refractivity contribution < 1.29 is 32.8 Å². The van der Waals surface area contributed by atoms with E-state index in [0.29, 0.717) is 47.2 Å². The van der Waals surface area contributed by atoms with Crippen molar-refractivity contribution in [3.63, 3.8) is 0 Å². The zero-order valence-electron chi connectivity index (χ0n) is 37.8. The molecule has 13 heteroatoms. The molecule has 0 amide bonds. The summed E-state index contributed by atoms with van der Waals surface area (Å²) in [6, 6.07) is 24.9. The van der Waals surface area contributed by atoms with E-state index >= 15 is 0 Å².